The monoisotopic (exact) mass is 277 g/mol. The zero-order valence-corrected chi connectivity index (χ0v) is 12.1. The van der Waals surface area contributed by atoms with E-state index in [9.17, 15) is 9.59 Å². The fourth-order valence-corrected chi connectivity index (χ4v) is 1.94. The zero-order chi connectivity index (χ0) is 14.9. The Morgan fingerprint density at radius 1 is 1.45 bits per heavy atom. The van der Waals surface area contributed by atoms with Crippen LogP contribution in [0, 0.1) is 6.92 Å². The fourth-order valence-electron chi connectivity index (χ4n) is 1.94. The number of fused-ring (bicyclic) bond motifs is 1. The standard InChI is InChI=1S/C14H19N3O3/c1-8-5-6-9-7-10(12(18)17-11(9)15-8)16-13(19)20-14(2,3)4/h5-6,10H,7H2,1-4H3,(H,16,19)(H,15,17,18)/t10-/m0/s1. The molecule has 0 saturated carbocycles. The molecule has 6 heteroatoms. The second kappa shape index (κ2) is 5.11. The second-order valence-electron chi connectivity index (χ2n) is 5.85. The molecule has 0 saturated heterocycles. The van der Waals surface area contributed by atoms with Gasteiger partial charge in [-0.25, -0.2) is 9.78 Å². The third-order valence-corrected chi connectivity index (χ3v) is 2.79. The van der Waals surface area contributed by atoms with Crippen molar-refractivity contribution < 1.29 is 14.3 Å². The summed E-state index contributed by atoms with van der Waals surface area (Å²) in [6.07, 6.45) is -0.186. The van der Waals surface area contributed by atoms with E-state index in [1.165, 1.54) is 0 Å². The van der Waals surface area contributed by atoms with Crippen molar-refractivity contribution in [3.05, 3.63) is 23.4 Å². The average molecular weight is 277 g/mol. The molecule has 20 heavy (non-hydrogen) atoms. The summed E-state index contributed by atoms with van der Waals surface area (Å²) in [5, 5.41) is 5.28. The first kappa shape index (κ1) is 14.3. The molecule has 0 spiro atoms. The Morgan fingerprint density at radius 2 is 2.15 bits per heavy atom. The number of aryl methyl sites for hydroxylation is 1. The van der Waals surface area contributed by atoms with Gasteiger partial charge in [0.25, 0.3) is 0 Å². The van der Waals surface area contributed by atoms with E-state index in [0.717, 1.165) is 11.3 Å². The lowest BCUT2D eigenvalue weighted by molar-refractivity contribution is -0.118. The summed E-state index contributed by atoms with van der Waals surface area (Å²) in [4.78, 5) is 27.9. The van der Waals surface area contributed by atoms with Crippen LogP contribution >= 0.6 is 0 Å². The summed E-state index contributed by atoms with van der Waals surface area (Å²) in [6.45, 7) is 7.18. The maximum Gasteiger partial charge on any atom is 0.408 e. The Morgan fingerprint density at radius 3 is 2.80 bits per heavy atom. The summed E-state index contributed by atoms with van der Waals surface area (Å²) in [6, 6.07) is 3.14. The molecule has 108 valence electrons. The molecule has 1 aromatic heterocycles. The molecule has 2 amide bonds. The molecule has 0 radical (unpaired) electrons. The van der Waals surface area contributed by atoms with E-state index in [4.69, 9.17) is 4.74 Å². The summed E-state index contributed by atoms with van der Waals surface area (Å²) >= 11 is 0. The van der Waals surface area contributed by atoms with Crippen LogP contribution in [-0.4, -0.2) is 28.6 Å². The van der Waals surface area contributed by atoms with Gasteiger partial charge < -0.3 is 15.4 Å². The minimum Gasteiger partial charge on any atom is -0.444 e. The van der Waals surface area contributed by atoms with Gasteiger partial charge in [0.15, 0.2) is 0 Å². The Balaban J connectivity index is 2.06. The van der Waals surface area contributed by atoms with E-state index in [1.54, 1.807) is 20.8 Å². The second-order valence-corrected chi connectivity index (χ2v) is 5.85. The number of carbonyl (C=O) groups excluding carboxylic acids is 2. The van der Waals surface area contributed by atoms with Crippen LogP contribution in [-0.2, 0) is 16.0 Å². The molecule has 1 aromatic rings. The highest BCUT2D eigenvalue weighted by Gasteiger charge is 2.29. The number of hydrogen-bond acceptors (Lipinski definition) is 4. The van der Waals surface area contributed by atoms with Crippen molar-refractivity contribution in [3.63, 3.8) is 0 Å². The minimum atomic E-state index is -0.637. The Labute approximate surface area is 117 Å². The van der Waals surface area contributed by atoms with Gasteiger partial charge in [0, 0.05) is 12.1 Å². The number of rotatable bonds is 1. The molecule has 0 fully saturated rings. The fraction of sp³-hybridized carbons (Fsp3) is 0.500. The van der Waals surface area contributed by atoms with Gasteiger partial charge >= 0.3 is 6.09 Å². The first-order valence-corrected chi connectivity index (χ1v) is 6.51. The van der Waals surface area contributed by atoms with Gasteiger partial charge in [0.1, 0.15) is 17.5 Å². The molecular weight excluding hydrogens is 258 g/mol. The smallest absolute Gasteiger partial charge is 0.408 e. The molecule has 1 aliphatic heterocycles. The molecule has 0 aliphatic carbocycles. The number of amides is 2. The lowest BCUT2D eigenvalue weighted by Gasteiger charge is -2.26. The molecule has 1 aliphatic rings. The van der Waals surface area contributed by atoms with Gasteiger partial charge in [0.2, 0.25) is 5.91 Å². The molecule has 2 N–H and O–H groups in total. The predicted molar refractivity (Wildman–Crippen MR) is 74.5 cm³/mol. The minimum absolute atomic E-state index is 0.276. The Hall–Kier alpha value is -2.11. The van der Waals surface area contributed by atoms with Crippen LogP contribution < -0.4 is 10.6 Å². The molecule has 0 aromatic carbocycles. The van der Waals surface area contributed by atoms with Gasteiger partial charge in [-0.05, 0) is 39.3 Å². The van der Waals surface area contributed by atoms with Gasteiger partial charge in [-0.2, -0.15) is 0 Å². The number of alkyl carbamates (subject to hydrolysis) is 1. The number of aromatic nitrogens is 1. The van der Waals surface area contributed by atoms with E-state index in [2.05, 4.69) is 15.6 Å². The van der Waals surface area contributed by atoms with E-state index in [-0.39, 0.29) is 5.91 Å². The van der Waals surface area contributed by atoms with E-state index in [1.807, 2.05) is 19.1 Å². The highest BCUT2D eigenvalue weighted by molar-refractivity contribution is 5.98. The Kier molecular flexibility index (Phi) is 3.65. The van der Waals surface area contributed by atoms with Crippen LogP contribution in [0.4, 0.5) is 10.6 Å². The van der Waals surface area contributed by atoms with Crippen molar-refractivity contribution in [2.75, 3.05) is 5.32 Å². The summed E-state index contributed by atoms with van der Waals surface area (Å²) in [5.41, 5.74) is 1.14. The molecule has 2 heterocycles. The van der Waals surface area contributed by atoms with Crippen LogP contribution in [0.1, 0.15) is 32.0 Å². The van der Waals surface area contributed by atoms with Crippen LogP contribution in [0.5, 0.6) is 0 Å². The van der Waals surface area contributed by atoms with Gasteiger partial charge in [-0.1, -0.05) is 6.07 Å². The van der Waals surface area contributed by atoms with E-state index < -0.39 is 17.7 Å². The topological polar surface area (TPSA) is 80.3 Å². The lowest BCUT2D eigenvalue weighted by Crippen LogP contribution is -2.49. The first-order valence-electron chi connectivity index (χ1n) is 6.51. The number of carbonyl (C=O) groups is 2. The summed E-state index contributed by atoms with van der Waals surface area (Å²) < 4.78 is 5.15. The number of hydrogen-bond donors (Lipinski definition) is 2. The molecule has 0 bridgehead atoms. The normalized spacial score (nSPS) is 18.0. The highest BCUT2D eigenvalue weighted by Crippen LogP contribution is 2.21. The van der Waals surface area contributed by atoms with Crippen molar-refractivity contribution in [3.8, 4) is 0 Å². The highest BCUT2D eigenvalue weighted by atomic mass is 16.6. The maximum absolute atomic E-state index is 11.9. The number of pyridine rings is 1. The third kappa shape index (κ3) is 3.46. The summed E-state index contributed by atoms with van der Waals surface area (Å²) in [7, 11) is 0. The quantitative estimate of drug-likeness (QED) is 0.820. The number of nitrogens with zero attached hydrogens (tertiary/aromatic N) is 1. The van der Waals surface area contributed by atoms with Crippen molar-refractivity contribution in [1.82, 2.24) is 10.3 Å². The largest absolute Gasteiger partial charge is 0.444 e. The number of anilines is 1. The van der Waals surface area contributed by atoms with Crippen molar-refractivity contribution in [2.45, 2.75) is 45.8 Å². The molecule has 2 rings (SSSR count). The number of nitrogens with one attached hydrogen (secondary N) is 2. The average Bonchev–Trinajstić information content (AvgIpc) is 2.28. The van der Waals surface area contributed by atoms with Crippen LogP contribution in [0.2, 0.25) is 0 Å². The van der Waals surface area contributed by atoms with Crippen LogP contribution in [0.3, 0.4) is 0 Å². The third-order valence-electron chi connectivity index (χ3n) is 2.79. The molecular formula is C14H19N3O3. The Bertz CT molecular complexity index is 549. The maximum atomic E-state index is 11.9. The van der Waals surface area contributed by atoms with Gasteiger partial charge in [-0.15, -0.1) is 0 Å². The zero-order valence-electron chi connectivity index (χ0n) is 12.1. The lowest BCUT2D eigenvalue weighted by atomic mass is 10.0. The van der Waals surface area contributed by atoms with Crippen LogP contribution in [0.15, 0.2) is 12.1 Å². The van der Waals surface area contributed by atoms with Crippen molar-refractivity contribution >= 4 is 17.8 Å². The molecule has 1 atom stereocenters. The van der Waals surface area contributed by atoms with Gasteiger partial charge in [-0.3, -0.25) is 4.79 Å². The van der Waals surface area contributed by atoms with Gasteiger partial charge in [0.05, 0.1) is 0 Å². The van der Waals surface area contributed by atoms with Crippen molar-refractivity contribution in [1.29, 1.82) is 0 Å². The SMILES string of the molecule is Cc1ccc2c(n1)NC(=O)[C@@H](NC(=O)OC(C)(C)C)C2. The van der Waals surface area contributed by atoms with Crippen molar-refractivity contribution in [2.24, 2.45) is 0 Å². The van der Waals surface area contributed by atoms with Crippen LogP contribution in [0.25, 0.3) is 0 Å². The molecule has 0 unspecified atom stereocenters. The molecule has 6 nitrogen and oxygen atoms in total. The van der Waals surface area contributed by atoms with E-state index >= 15 is 0 Å². The predicted octanol–water partition coefficient (Wildman–Crippen LogP) is 1.78. The number of ether oxygens (including phenoxy) is 1. The van der Waals surface area contributed by atoms with E-state index in [0.29, 0.717) is 12.2 Å². The first-order chi connectivity index (χ1) is 9.24. The summed E-state index contributed by atoms with van der Waals surface area (Å²) in [5.74, 6) is 0.290.